The van der Waals surface area contributed by atoms with Gasteiger partial charge in [0, 0.05) is 17.8 Å². The van der Waals surface area contributed by atoms with Gasteiger partial charge in [-0.05, 0) is 23.9 Å². The lowest BCUT2D eigenvalue weighted by molar-refractivity contribution is 0.747. The van der Waals surface area contributed by atoms with Gasteiger partial charge in [-0.2, -0.15) is 0 Å². The lowest BCUT2D eigenvalue weighted by Crippen LogP contribution is -2.32. The van der Waals surface area contributed by atoms with E-state index < -0.39 is 0 Å². The van der Waals surface area contributed by atoms with Crippen LogP contribution in [0, 0.1) is 0 Å². The number of aromatic nitrogens is 1. The van der Waals surface area contributed by atoms with Gasteiger partial charge >= 0.3 is 0 Å². The van der Waals surface area contributed by atoms with Crippen molar-refractivity contribution in [2.75, 3.05) is 6.54 Å². The predicted octanol–water partition coefficient (Wildman–Crippen LogP) is 2.37. The van der Waals surface area contributed by atoms with E-state index in [2.05, 4.69) is 40.4 Å². The molecule has 1 heterocycles. The van der Waals surface area contributed by atoms with Gasteiger partial charge in [0.25, 0.3) is 0 Å². The van der Waals surface area contributed by atoms with Crippen LogP contribution in [0.3, 0.4) is 0 Å². The minimum absolute atomic E-state index is 0.516. The Morgan fingerprint density at radius 3 is 3.00 bits per heavy atom. The number of nitrogens with zero attached hydrogens (tertiary/aromatic N) is 1. The normalized spacial score (nSPS) is 11.9. The Bertz CT molecular complexity index is 494. The third-order valence-corrected chi connectivity index (χ3v) is 2.84. The van der Waals surface area contributed by atoms with Crippen LogP contribution in [0.15, 0.2) is 35.3 Å². The number of nitrogens with two attached hydrogens (primary N) is 1. The Morgan fingerprint density at radius 1 is 1.39 bits per heavy atom. The lowest BCUT2D eigenvalue weighted by atomic mass is 10.2. The summed E-state index contributed by atoms with van der Waals surface area (Å²) in [5.41, 5.74) is 8.00. The summed E-state index contributed by atoms with van der Waals surface area (Å²) in [5.74, 6) is 0.516. The zero-order valence-electron chi connectivity index (χ0n) is 10.7. The monoisotopic (exact) mass is 244 g/mol. The molecule has 0 unspecified atom stereocenters. The van der Waals surface area contributed by atoms with Gasteiger partial charge in [0.15, 0.2) is 5.96 Å². The molecule has 0 spiro atoms. The molecule has 18 heavy (non-hydrogen) atoms. The highest BCUT2D eigenvalue weighted by atomic mass is 15.1. The van der Waals surface area contributed by atoms with Gasteiger partial charge in [-0.1, -0.05) is 31.5 Å². The molecule has 4 nitrogen and oxygen atoms in total. The van der Waals surface area contributed by atoms with E-state index in [1.807, 2.05) is 12.1 Å². The first kappa shape index (κ1) is 12.5. The van der Waals surface area contributed by atoms with Crippen molar-refractivity contribution in [3.8, 4) is 0 Å². The SMILES string of the molecule is CCCCNC(N)=NCc1cc2ccccc2[nH]1. The molecule has 0 saturated heterocycles. The van der Waals surface area contributed by atoms with E-state index in [0.29, 0.717) is 12.5 Å². The van der Waals surface area contributed by atoms with Gasteiger partial charge in [-0.25, -0.2) is 4.99 Å². The second kappa shape index (κ2) is 6.10. The molecule has 0 aliphatic rings. The molecule has 0 atom stereocenters. The number of fused-ring (bicyclic) bond motifs is 1. The zero-order chi connectivity index (χ0) is 12.8. The van der Waals surface area contributed by atoms with Crippen molar-refractivity contribution >= 4 is 16.9 Å². The minimum atomic E-state index is 0.516. The summed E-state index contributed by atoms with van der Waals surface area (Å²) in [6.07, 6.45) is 2.27. The standard InChI is InChI=1S/C14H20N4/c1-2-3-8-16-14(15)17-10-12-9-11-6-4-5-7-13(11)18-12/h4-7,9,18H,2-3,8,10H2,1H3,(H3,15,16,17). The van der Waals surface area contributed by atoms with E-state index in [9.17, 15) is 0 Å². The first-order valence-electron chi connectivity index (χ1n) is 6.40. The average molecular weight is 244 g/mol. The van der Waals surface area contributed by atoms with Crippen LogP contribution in [-0.4, -0.2) is 17.5 Å². The topological polar surface area (TPSA) is 66.2 Å². The fourth-order valence-electron chi connectivity index (χ4n) is 1.84. The van der Waals surface area contributed by atoms with E-state index in [1.54, 1.807) is 0 Å². The molecule has 0 saturated carbocycles. The van der Waals surface area contributed by atoms with E-state index in [1.165, 1.54) is 5.39 Å². The number of hydrogen-bond donors (Lipinski definition) is 3. The molecule has 2 aromatic rings. The number of benzene rings is 1. The molecule has 96 valence electrons. The van der Waals surface area contributed by atoms with Crippen molar-refractivity contribution in [2.45, 2.75) is 26.3 Å². The molecule has 2 rings (SSSR count). The number of nitrogens with one attached hydrogen (secondary N) is 2. The van der Waals surface area contributed by atoms with Gasteiger partial charge in [0.1, 0.15) is 0 Å². The Kier molecular flexibility index (Phi) is 4.23. The minimum Gasteiger partial charge on any atom is -0.370 e. The summed E-state index contributed by atoms with van der Waals surface area (Å²) in [5, 5.41) is 4.31. The second-order valence-electron chi connectivity index (χ2n) is 4.36. The van der Waals surface area contributed by atoms with Crippen LogP contribution in [0.5, 0.6) is 0 Å². The van der Waals surface area contributed by atoms with Gasteiger partial charge in [-0.15, -0.1) is 0 Å². The summed E-state index contributed by atoms with van der Waals surface area (Å²) in [7, 11) is 0. The van der Waals surface area contributed by atoms with Crippen molar-refractivity contribution in [3.05, 3.63) is 36.0 Å². The molecule has 0 amide bonds. The molecule has 1 aromatic carbocycles. The number of aliphatic imine (C=N–C) groups is 1. The molecule has 4 heteroatoms. The van der Waals surface area contributed by atoms with Gasteiger partial charge in [-0.3, -0.25) is 0 Å². The third-order valence-electron chi connectivity index (χ3n) is 2.84. The molecule has 0 radical (unpaired) electrons. The number of para-hydroxylation sites is 1. The van der Waals surface area contributed by atoms with E-state index in [-0.39, 0.29) is 0 Å². The Morgan fingerprint density at radius 2 is 2.22 bits per heavy atom. The van der Waals surface area contributed by atoms with Crippen molar-refractivity contribution in [1.29, 1.82) is 0 Å². The van der Waals surface area contributed by atoms with Crippen LogP contribution in [0.2, 0.25) is 0 Å². The predicted molar refractivity (Wildman–Crippen MR) is 76.5 cm³/mol. The Labute approximate surface area is 107 Å². The highest BCUT2D eigenvalue weighted by molar-refractivity contribution is 5.80. The molecule has 0 aliphatic heterocycles. The molecule has 0 bridgehead atoms. The second-order valence-corrected chi connectivity index (χ2v) is 4.36. The maximum atomic E-state index is 5.78. The quantitative estimate of drug-likeness (QED) is 0.429. The summed E-state index contributed by atoms with van der Waals surface area (Å²) >= 11 is 0. The highest BCUT2D eigenvalue weighted by Gasteiger charge is 1.99. The zero-order valence-corrected chi connectivity index (χ0v) is 10.7. The third kappa shape index (κ3) is 3.26. The number of rotatable bonds is 5. The van der Waals surface area contributed by atoms with Crippen LogP contribution in [0.4, 0.5) is 0 Å². The fourth-order valence-corrected chi connectivity index (χ4v) is 1.84. The van der Waals surface area contributed by atoms with Crippen LogP contribution in [0.25, 0.3) is 10.9 Å². The molecule has 1 aromatic heterocycles. The van der Waals surface area contributed by atoms with Crippen LogP contribution in [0.1, 0.15) is 25.5 Å². The van der Waals surface area contributed by atoms with Crippen LogP contribution in [-0.2, 0) is 6.54 Å². The van der Waals surface area contributed by atoms with Crippen molar-refractivity contribution in [3.63, 3.8) is 0 Å². The molecule has 0 fully saturated rings. The first-order valence-corrected chi connectivity index (χ1v) is 6.40. The van der Waals surface area contributed by atoms with Gasteiger partial charge in [0.05, 0.1) is 6.54 Å². The number of guanidine groups is 1. The maximum Gasteiger partial charge on any atom is 0.188 e. The van der Waals surface area contributed by atoms with Crippen LogP contribution >= 0.6 is 0 Å². The number of hydrogen-bond acceptors (Lipinski definition) is 1. The van der Waals surface area contributed by atoms with E-state index in [4.69, 9.17) is 5.73 Å². The Balaban J connectivity index is 1.94. The van der Waals surface area contributed by atoms with Crippen molar-refractivity contribution in [1.82, 2.24) is 10.3 Å². The maximum absolute atomic E-state index is 5.78. The largest absolute Gasteiger partial charge is 0.370 e. The molecular formula is C14H20N4. The van der Waals surface area contributed by atoms with Crippen molar-refractivity contribution in [2.24, 2.45) is 10.7 Å². The first-order chi connectivity index (χ1) is 8.79. The molecule has 4 N–H and O–H groups in total. The van der Waals surface area contributed by atoms with Crippen molar-refractivity contribution < 1.29 is 0 Å². The number of unbranched alkanes of at least 4 members (excludes halogenated alkanes) is 1. The summed E-state index contributed by atoms with van der Waals surface area (Å²) < 4.78 is 0. The number of H-pyrrole nitrogens is 1. The summed E-state index contributed by atoms with van der Waals surface area (Å²) in [4.78, 5) is 7.64. The summed E-state index contributed by atoms with van der Waals surface area (Å²) in [6.45, 7) is 3.62. The molecule has 0 aliphatic carbocycles. The lowest BCUT2D eigenvalue weighted by Gasteiger charge is -2.03. The van der Waals surface area contributed by atoms with Crippen LogP contribution < -0.4 is 11.1 Å². The van der Waals surface area contributed by atoms with Gasteiger partial charge < -0.3 is 16.0 Å². The number of aromatic amines is 1. The average Bonchev–Trinajstić information content (AvgIpc) is 2.79. The Hall–Kier alpha value is -1.97. The smallest absolute Gasteiger partial charge is 0.188 e. The van der Waals surface area contributed by atoms with E-state index in [0.717, 1.165) is 30.6 Å². The fraction of sp³-hybridized carbons (Fsp3) is 0.357. The van der Waals surface area contributed by atoms with E-state index >= 15 is 0 Å². The molecular weight excluding hydrogens is 224 g/mol. The highest BCUT2D eigenvalue weighted by Crippen LogP contribution is 2.14. The summed E-state index contributed by atoms with van der Waals surface area (Å²) in [6, 6.07) is 10.3. The van der Waals surface area contributed by atoms with Gasteiger partial charge in [0.2, 0.25) is 0 Å².